The van der Waals surface area contributed by atoms with Crippen LogP contribution in [-0.4, -0.2) is 63.9 Å². The lowest BCUT2D eigenvalue weighted by Crippen LogP contribution is -2.54. The number of halogens is 5. The number of hydrazine groups is 1. The maximum atomic E-state index is 13.3. The number of rotatable bonds is 10. The molecule has 40 heavy (non-hydrogen) atoms. The zero-order chi connectivity index (χ0) is 30.2. The van der Waals surface area contributed by atoms with E-state index in [9.17, 15) is 26.4 Å². The zero-order valence-corrected chi connectivity index (χ0v) is 27.1. The Morgan fingerprint density at radius 3 is 1.90 bits per heavy atom. The van der Waals surface area contributed by atoms with Crippen molar-refractivity contribution in [3.05, 3.63) is 27.7 Å². The van der Waals surface area contributed by atoms with Crippen molar-refractivity contribution in [1.29, 1.82) is 0 Å². The fraction of sp³-hybridized carbons (Fsp3) is 0.731. The zero-order valence-electron chi connectivity index (χ0n) is 23.7. The van der Waals surface area contributed by atoms with Gasteiger partial charge in [-0.2, -0.15) is 21.6 Å². The Balaban J connectivity index is 1.63. The van der Waals surface area contributed by atoms with E-state index in [1.807, 2.05) is 0 Å². The standard InChI is InChI=1S/C26H39Cl2F3N2O5SSi/c1-16(2)40(17(3)4,18(5)6)38-20-8-10-32(11-9-20)33-12-7-19(25(33)34)13-22-23(27)14-21(15-24(22)28)37-39(35,36)26(29,30)31/h14-20H,7-13H2,1-6H3/t19-/m0/s1. The molecule has 2 fully saturated rings. The van der Waals surface area contributed by atoms with Crippen LogP contribution in [-0.2, 0) is 25.8 Å². The summed E-state index contributed by atoms with van der Waals surface area (Å²) in [5, 5.41) is 3.70. The Bertz CT molecular complexity index is 1130. The summed E-state index contributed by atoms with van der Waals surface area (Å²) in [6, 6.07) is 1.92. The van der Waals surface area contributed by atoms with Crippen LogP contribution in [0.4, 0.5) is 13.2 Å². The molecule has 1 atom stereocenters. The summed E-state index contributed by atoms with van der Waals surface area (Å²) in [7, 11) is -7.86. The lowest BCUT2D eigenvalue weighted by Gasteiger charge is -2.47. The Hall–Kier alpha value is -1.05. The number of amides is 1. The van der Waals surface area contributed by atoms with E-state index >= 15 is 0 Å². The number of piperidine rings is 1. The van der Waals surface area contributed by atoms with Gasteiger partial charge in [0.05, 0.1) is 0 Å². The molecule has 2 heterocycles. The topological polar surface area (TPSA) is 76.2 Å². The first-order chi connectivity index (χ1) is 18.4. The van der Waals surface area contributed by atoms with Gasteiger partial charge in [0.2, 0.25) is 14.2 Å². The normalized spacial score (nSPS) is 20.4. The highest BCUT2D eigenvalue weighted by atomic mass is 35.5. The average Bonchev–Trinajstić information content (AvgIpc) is 3.18. The largest absolute Gasteiger partial charge is 0.534 e. The number of alkyl halides is 3. The van der Waals surface area contributed by atoms with Crippen molar-refractivity contribution in [2.45, 2.75) is 95.5 Å². The molecule has 2 aliphatic heterocycles. The summed E-state index contributed by atoms with van der Waals surface area (Å²) >= 11 is 12.5. The molecular weight excluding hydrogens is 608 g/mol. The number of carbonyl (C=O) groups excluding carboxylic acids is 1. The molecule has 1 aromatic rings. The van der Waals surface area contributed by atoms with Gasteiger partial charge in [0.25, 0.3) is 0 Å². The molecule has 228 valence electrons. The first-order valence-electron chi connectivity index (χ1n) is 13.6. The van der Waals surface area contributed by atoms with Gasteiger partial charge in [-0.15, -0.1) is 0 Å². The van der Waals surface area contributed by atoms with Gasteiger partial charge in [-0.25, -0.2) is 5.01 Å². The van der Waals surface area contributed by atoms with Gasteiger partial charge < -0.3 is 8.61 Å². The highest BCUT2D eigenvalue weighted by Gasteiger charge is 2.49. The van der Waals surface area contributed by atoms with E-state index in [1.54, 1.807) is 5.01 Å². The van der Waals surface area contributed by atoms with E-state index in [2.05, 4.69) is 50.7 Å². The van der Waals surface area contributed by atoms with Crippen LogP contribution in [0.25, 0.3) is 0 Å². The van der Waals surface area contributed by atoms with Gasteiger partial charge >= 0.3 is 15.6 Å². The third kappa shape index (κ3) is 6.94. The Morgan fingerprint density at radius 2 is 1.45 bits per heavy atom. The molecule has 0 aliphatic carbocycles. The summed E-state index contributed by atoms with van der Waals surface area (Å²) in [5.41, 5.74) is -3.74. The molecule has 3 rings (SSSR count). The highest BCUT2D eigenvalue weighted by molar-refractivity contribution is 7.88. The van der Waals surface area contributed by atoms with E-state index in [-0.39, 0.29) is 28.5 Å². The van der Waals surface area contributed by atoms with Crippen molar-refractivity contribution in [3.63, 3.8) is 0 Å². The average molecular weight is 648 g/mol. The Morgan fingerprint density at radius 1 is 0.950 bits per heavy atom. The molecule has 1 aromatic carbocycles. The SMILES string of the molecule is CC(C)[Si](OC1CCN(N2CC[C@@H](Cc3c(Cl)cc(OS(=O)(=O)C(F)(F)F)cc3Cl)C2=O)CC1)(C(C)C)C(C)C. The number of benzene rings is 1. The number of carbonyl (C=O) groups is 1. The van der Waals surface area contributed by atoms with E-state index in [0.29, 0.717) is 48.2 Å². The predicted octanol–water partition coefficient (Wildman–Crippen LogP) is 7.18. The first kappa shape index (κ1) is 33.4. The minimum atomic E-state index is -5.87. The highest BCUT2D eigenvalue weighted by Crippen LogP contribution is 2.44. The summed E-state index contributed by atoms with van der Waals surface area (Å²) in [4.78, 5) is 13.3. The Labute approximate surface area is 246 Å². The lowest BCUT2D eigenvalue weighted by molar-refractivity contribution is -0.149. The third-order valence-electron chi connectivity index (χ3n) is 8.19. The smallest absolute Gasteiger partial charge is 0.413 e. The maximum Gasteiger partial charge on any atom is 0.534 e. The molecule has 0 unspecified atom stereocenters. The second-order valence-corrected chi connectivity index (χ2v) is 19.3. The fourth-order valence-corrected chi connectivity index (χ4v) is 13.0. The van der Waals surface area contributed by atoms with Crippen molar-refractivity contribution in [3.8, 4) is 5.75 Å². The molecule has 7 nitrogen and oxygen atoms in total. The van der Waals surface area contributed by atoms with Crippen LogP contribution in [0.5, 0.6) is 5.75 Å². The molecule has 1 amide bonds. The molecular formula is C26H39Cl2F3N2O5SSi. The van der Waals surface area contributed by atoms with Gasteiger partial charge in [-0.05, 0) is 47.9 Å². The quantitative estimate of drug-likeness (QED) is 0.152. The van der Waals surface area contributed by atoms with Gasteiger partial charge in [-0.3, -0.25) is 9.80 Å². The summed E-state index contributed by atoms with van der Waals surface area (Å²) in [6.45, 7) is 15.6. The molecule has 14 heteroatoms. The lowest BCUT2D eigenvalue weighted by atomic mass is 9.98. The third-order valence-corrected chi connectivity index (χ3v) is 16.0. The molecule has 0 bridgehead atoms. The van der Waals surface area contributed by atoms with Crippen molar-refractivity contribution in [2.75, 3.05) is 19.6 Å². The van der Waals surface area contributed by atoms with Gasteiger partial charge in [0.1, 0.15) is 5.75 Å². The second-order valence-electron chi connectivity index (χ2n) is 11.6. The monoisotopic (exact) mass is 646 g/mol. The van der Waals surface area contributed by atoms with Gasteiger partial charge in [-0.1, -0.05) is 64.7 Å². The van der Waals surface area contributed by atoms with Crippen LogP contribution in [0.2, 0.25) is 26.7 Å². The summed E-state index contributed by atoms with van der Waals surface area (Å²) in [5.74, 6) is -1.14. The van der Waals surface area contributed by atoms with Crippen LogP contribution in [0.3, 0.4) is 0 Å². The molecule has 0 saturated carbocycles. The van der Waals surface area contributed by atoms with E-state index in [0.717, 1.165) is 25.0 Å². The molecule has 0 aromatic heterocycles. The van der Waals surface area contributed by atoms with Crippen molar-refractivity contribution in [1.82, 2.24) is 10.0 Å². The van der Waals surface area contributed by atoms with Gasteiger partial charge in [0.15, 0.2) is 0 Å². The second kappa shape index (κ2) is 12.7. The Kier molecular flexibility index (Phi) is 10.6. The van der Waals surface area contributed by atoms with Crippen LogP contribution in [0.1, 0.15) is 66.4 Å². The van der Waals surface area contributed by atoms with Crippen LogP contribution in [0.15, 0.2) is 12.1 Å². The number of hydrogen-bond acceptors (Lipinski definition) is 6. The van der Waals surface area contributed by atoms with Crippen molar-refractivity contribution < 1.29 is 35.0 Å². The molecule has 2 saturated heterocycles. The predicted molar refractivity (Wildman–Crippen MR) is 152 cm³/mol. The van der Waals surface area contributed by atoms with Crippen molar-refractivity contribution in [2.24, 2.45) is 5.92 Å². The fourth-order valence-electron chi connectivity index (χ4n) is 6.33. The van der Waals surface area contributed by atoms with Crippen LogP contribution >= 0.6 is 23.2 Å². The molecule has 0 radical (unpaired) electrons. The van der Waals surface area contributed by atoms with Crippen LogP contribution in [0, 0.1) is 5.92 Å². The van der Waals surface area contributed by atoms with E-state index in [1.165, 1.54) is 0 Å². The first-order valence-corrected chi connectivity index (χ1v) is 17.9. The van der Waals surface area contributed by atoms with Crippen molar-refractivity contribution >= 4 is 47.5 Å². The summed E-state index contributed by atoms with van der Waals surface area (Å²) in [6.07, 6.45) is 2.59. The minimum absolute atomic E-state index is 0.0678. The summed E-state index contributed by atoms with van der Waals surface area (Å²) < 4.78 is 71.7. The number of nitrogens with zero attached hydrogens (tertiary/aromatic N) is 2. The molecule has 2 aliphatic rings. The van der Waals surface area contributed by atoms with Crippen LogP contribution < -0.4 is 4.18 Å². The van der Waals surface area contributed by atoms with Gasteiger partial charge in [0, 0.05) is 53.8 Å². The molecule has 0 N–H and O–H groups in total. The number of hydrogen-bond donors (Lipinski definition) is 0. The maximum absolute atomic E-state index is 13.3. The molecule has 0 spiro atoms. The van der Waals surface area contributed by atoms with E-state index < -0.39 is 35.6 Å². The minimum Gasteiger partial charge on any atom is -0.413 e. The van der Waals surface area contributed by atoms with E-state index in [4.69, 9.17) is 27.6 Å².